The molecular formula is C14H27OP. The molecule has 0 atom stereocenters. The van der Waals surface area contributed by atoms with Crippen molar-refractivity contribution in [1.82, 2.24) is 0 Å². The van der Waals surface area contributed by atoms with Crippen molar-refractivity contribution in [1.29, 1.82) is 0 Å². The molecule has 2 aliphatic rings. The summed E-state index contributed by atoms with van der Waals surface area (Å²) in [5, 5.41) is 0. The summed E-state index contributed by atoms with van der Waals surface area (Å²) in [7, 11) is -0.0971. The Morgan fingerprint density at radius 3 is 1.62 bits per heavy atom. The molecule has 0 spiro atoms. The van der Waals surface area contributed by atoms with Crippen LogP contribution in [0.1, 0.15) is 71.1 Å². The molecule has 0 aromatic rings. The van der Waals surface area contributed by atoms with Gasteiger partial charge in [0.1, 0.15) is 0 Å². The second-order valence-electron chi connectivity index (χ2n) is 5.36. The van der Waals surface area contributed by atoms with Crippen molar-refractivity contribution in [3.63, 3.8) is 0 Å². The normalized spacial score (nSPS) is 25.1. The Balaban J connectivity index is 1.91. The monoisotopic (exact) mass is 242 g/mol. The van der Waals surface area contributed by atoms with Crippen LogP contribution in [0.5, 0.6) is 0 Å². The maximum Gasteiger partial charge on any atom is 0.0480 e. The molecule has 0 radical (unpaired) electrons. The van der Waals surface area contributed by atoms with Crippen molar-refractivity contribution in [2.24, 2.45) is 0 Å². The molecule has 1 nitrogen and oxygen atoms in total. The third-order valence-corrected chi connectivity index (χ3v) is 7.18. The molecule has 2 saturated carbocycles. The van der Waals surface area contributed by atoms with Gasteiger partial charge in [-0.1, -0.05) is 38.5 Å². The van der Waals surface area contributed by atoms with Gasteiger partial charge in [0.25, 0.3) is 0 Å². The van der Waals surface area contributed by atoms with Gasteiger partial charge in [0.05, 0.1) is 0 Å². The fourth-order valence-corrected chi connectivity index (χ4v) is 6.39. The molecule has 0 amide bonds. The van der Waals surface area contributed by atoms with Crippen molar-refractivity contribution in [3.05, 3.63) is 0 Å². The van der Waals surface area contributed by atoms with Gasteiger partial charge in [-0.3, -0.25) is 0 Å². The standard InChI is InChI=1S/C14H27OP/c1-2-15-16(13-9-5-3-6-10-13)14-11-7-4-8-12-14/h13-14H,2-12H2,1H3. The molecule has 2 rings (SSSR count). The van der Waals surface area contributed by atoms with Crippen LogP contribution in [0.15, 0.2) is 0 Å². The summed E-state index contributed by atoms with van der Waals surface area (Å²) >= 11 is 0. The zero-order valence-electron chi connectivity index (χ0n) is 10.8. The number of hydrogen-bond acceptors (Lipinski definition) is 1. The summed E-state index contributed by atoms with van der Waals surface area (Å²) in [5.74, 6) is 0. The lowest BCUT2D eigenvalue weighted by Gasteiger charge is -2.37. The highest BCUT2D eigenvalue weighted by molar-refractivity contribution is 7.54. The highest BCUT2D eigenvalue weighted by Crippen LogP contribution is 2.56. The quantitative estimate of drug-likeness (QED) is 0.624. The van der Waals surface area contributed by atoms with Crippen LogP contribution < -0.4 is 0 Å². The van der Waals surface area contributed by atoms with Gasteiger partial charge < -0.3 is 4.52 Å². The number of hydrogen-bond donors (Lipinski definition) is 0. The van der Waals surface area contributed by atoms with Crippen LogP contribution in [0.2, 0.25) is 0 Å². The van der Waals surface area contributed by atoms with E-state index in [9.17, 15) is 0 Å². The molecule has 2 aliphatic carbocycles. The minimum atomic E-state index is -0.0971. The highest BCUT2D eigenvalue weighted by Gasteiger charge is 2.31. The largest absolute Gasteiger partial charge is 0.359 e. The van der Waals surface area contributed by atoms with Crippen molar-refractivity contribution in [3.8, 4) is 0 Å². The average molecular weight is 242 g/mol. The molecule has 94 valence electrons. The van der Waals surface area contributed by atoms with Crippen LogP contribution in [0.25, 0.3) is 0 Å². The van der Waals surface area contributed by atoms with E-state index in [-0.39, 0.29) is 8.15 Å². The zero-order chi connectivity index (χ0) is 11.2. The van der Waals surface area contributed by atoms with Crippen LogP contribution in [-0.4, -0.2) is 17.9 Å². The molecule has 0 aliphatic heterocycles. The van der Waals surface area contributed by atoms with Crippen molar-refractivity contribution < 1.29 is 4.52 Å². The predicted octanol–water partition coefficient (Wildman–Crippen LogP) is 5.09. The van der Waals surface area contributed by atoms with Crippen LogP contribution in [0.4, 0.5) is 0 Å². The molecule has 16 heavy (non-hydrogen) atoms. The van der Waals surface area contributed by atoms with E-state index in [1.165, 1.54) is 64.2 Å². The van der Waals surface area contributed by atoms with Gasteiger partial charge in [0, 0.05) is 26.1 Å². The van der Waals surface area contributed by atoms with Crippen LogP contribution in [0, 0.1) is 0 Å². The van der Waals surface area contributed by atoms with Gasteiger partial charge in [0.15, 0.2) is 0 Å². The first-order valence-corrected chi connectivity index (χ1v) is 8.73. The third-order valence-electron chi connectivity index (χ3n) is 4.15. The lowest BCUT2D eigenvalue weighted by atomic mass is 10.00. The first-order valence-electron chi connectivity index (χ1n) is 7.33. The van der Waals surface area contributed by atoms with E-state index in [4.69, 9.17) is 4.52 Å². The molecule has 0 N–H and O–H groups in total. The minimum absolute atomic E-state index is 0.0971. The first-order chi connectivity index (χ1) is 7.92. The molecule has 0 aromatic heterocycles. The molecule has 2 fully saturated rings. The van der Waals surface area contributed by atoms with E-state index < -0.39 is 0 Å². The lowest BCUT2D eigenvalue weighted by Crippen LogP contribution is -2.21. The van der Waals surface area contributed by atoms with Gasteiger partial charge >= 0.3 is 0 Å². The van der Waals surface area contributed by atoms with Gasteiger partial charge in [-0.15, -0.1) is 0 Å². The maximum atomic E-state index is 6.19. The summed E-state index contributed by atoms with van der Waals surface area (Å²) < 4.78 is 6.19. The summed E-state index contributed by atoms with van der Waals surface area (Å²) in [4.78, 5) is 0. The Morgan fingerprint density at radius 1 is 0.812 bits per heavy atom. The van der Waals surface area contributed by atoms with E-state index >= 15 is 0 Å². The Hall–Kier alpha value is 0.390. The predicted molar refractivity (Wildman–Crippen MR) is 72.3 cm³/mol. The van der Waals surface area contributed by atoms with E-state index in [0.29, 0.717) is 0 Å². The Kier molecular flexibility index (Phi) is 5.59. The van der Waals surface area contributed by atoms with Gasteiger partial charge in [-0.05, 0) is 32.6 Å². The Bertz CT molecular complexity index is 165. The maximum absolute atomic E-state index is 6.19. The molecule has 0 bridgehead atoms. The number of rotatable bonds is 4. The zero-order valence-corrected chi connectivity index (χ0v) is 11.7. The molecule has 0 heterocycles. The lowest BCUT2D eigenvalue weighted by molar-refractivity contribution is 0.343. The summed E-state index contributed by atoms with van der Waals surface area (Å²) in [6, 6.07) is 0. The molecule has 2 heteroatoms. The van der Waals surface area contributed by atoms with E-state index in [2.05, 4.69) is 6.92 Å². The highest BCUT2D eigenvalue weighted by atomic mass is 31.1. The summed E-state index contributed by atoms with van der Waals surface area (Å²) in [6.45, 7) is 3.12. The Morgan fingerprint density at radius 2 is 1.25 bits per heavy atom. The molecule has 0 saturated heterocycles. The van der Waals surface area contributed by atoms with Crippen LogP contribution in [0.3, 0.4) is 0 Å². The smallest absolute Gasteiger partial charge is 0.0480 e. The SMILES string of the molecule is CCOP(C1CCCCC1)C1CCCCC1. The fourth-order valence-electron chi connectivity index (χ4n) is 3.33. The third kappa shape index (κ3) is 3.44. The summed E-state index contributed by atoms with van der Waals surface area (Å²) in [5.41, 5.74) is 1.90. The van der Waals surface area contributed by atoms with Crippen molar-refractivity contribution in [2.45, 2.75) is 82.4 Å². The van der Waals surface area contributed by atoms with E-state index in [0.717, 1.165) is 17.9 Å². The van der Waals surface area contributed by atoms with E-state index in [1.54, 1.807) is 0 Å². The Labute approximate surface area is 102 Å². The summed E-state index contributed by atoms with van der Waals surface area (Å²) in [6.07, 6.45) is 14.6. The second-order valence-corrected chi connectivity index (χ2v) is 7.80. The van der Waals surface area contributed by atoms with Gasteiger partial charge in [0.2, 0.25) is 0 Å². The first kappa shape index (κ1) is 12.8. The van der Waals surface area contributed by atoms with Crippen LogP contribution >= 0.6 is 8.15 Å². The fraction of sp³-hybridized carbons (Fsp3) is 1.00. The van der Waals surface area contributed by atoms with Crippen molar-refractivity contribution in [2.75, 3.05) is 6.61 Å². The van der Waals surface area contributed by atoms with Crippen molar-refractivity contribution >= 4 is 8.15 Å². The topological polar surface area (TPSA) is 9.23 Å². The second kappa shape index (κ2) is 6.97. The molecule has 0 unspecified atom stereocenters. The average Bonchev–Trinajstić information content (AvgIpc) is 2.38. The van der Waals surface area contributed by atoms with E-state index in [1.807, 2.05) is 0 Å². The minimum Gasteiger partial charge on any atom is -0.359 e. The molecular weight excluding hydrogens is 215 g/mol. The molecule has 0 aromatic carbocycles. The van der Waals surface area contributed by atoms with Gasteiger partial charge in [-0.25, -0.2) is 0 Å². The van der Waals surface area contributed by atoms with Crippen LogP contribution in [-0.2, 0) is 4.52 Å². The van der Waals surface area contributed by atoms with Gasteiger partial charge in [-0.2, -0.15) is 0 Å².